The summed E-state index contributed by atoms with van der Waals surface area (Å²) in [5.74, 6) is -0.0863. The molecule has 2 atom stereocenters. The summed E-state index contributed by atoms with van der Waals surface area (Å²) in [6.07, 6.45) is 3.56. The molecule has 0 aromatic carbocycles. The van der Waals surface area contributed by atoms with Crippen molar-refractivity contribution in [3.8, 4) is 0 Å². The van der Waals surface area contributed by atoms with E-state index >= 15 is 0 Å². The van der Waals surface area contributed by atoms with Crippen molar-refractivity contribution in [2.45, 2.75) is 20.0 Å². The fourth-order valence-electron chi connectivity index (χ4n) is 1.43. The number of nitrogens with one attached hydrogen (secondary N) is 1. The van der Waals surface area contributed by atoms with Crippen LogP contribution in [-0.4, -0.2) is 30.0 Å². The third-order valence-electron chi connectivity index (χ3n) is 2.18. The van der Waals surface area contributed by atoms with Gasteiger partial charge in [0.25, 0.3) is 0 Å². The largest absolute Gasteiger partial charge is 0.370 e. The van der Waals surface area contributed by atoms with Gasteiger partial charge < -0.3 is 10.6 Å². The van der Waals surface area contributed by atoms with Crippen LogP contribution in [0.15, 0.2) is 17.3 Å². The first-order chi connectivity index (χ1) is 6.56. The number of hydrogen-bond acceptors (Lipinski definition) is 4. The lowest BCUT2D eigenvalue weighted by Crippen LogP contribution is -2.51. The van der Waals surface area contributed by atoms with Gasteiger partial charge in [-0.15, -0.1) is 0 Å². The number of nitrogens with two attached hydrogens (primary N) is 1. The first kappa shape index (κ1) is 10.6. The standard InChI is InChI=1S/C9H16N4O/c1-4-5-13(3)7-6(2)8(14)12-9(10)11-7/h4-7H,1-3H3,(H3,10,11,12,14)/b5-4+. The molecular formula is C9H16N4O. The predicted molar refractivity (Wildman–Crippen MR) is 55.3 cm³/mol. The zero-order valence-corrected chi connectivity index (χ0v) is 8.69. The normalized spacial score (nSPS) is 27.4. The van der Waals surface area contributed by atoms with Crippen molar-refractivity contribution in [1.29, 1.82) is 0 Å². The average Bonchev–Trinajstić information content (AvgIpc) is 2.11. The number of carbonyl (C=O) groups excluding carboxylic acids is 1. The summed E-state index contributed by atoms with van der Waals surface area (Å²) in [5.41, 5.74) is 5.48. The molecule has 78 valence electrons. The van der Waals surface area contributed by atoms with Crippen molar-refractivity contribution in [1.82, 2.24) is 10.2 Å². The highest BCUT2D eigenvalue weighted by atomic mass is 16.2. The van der Waals surface area contributed by atoms with Crippen molar-refractivity contribution < 1.29 is 4.79 Å². The lowest BCUT2D eigenvalue weighted by Gasteiger charge is -2.31. The van der Waals surface area contributed by atoms with Gasteiger partial charge >= 0.3 is 0 Å². The van der Waals surface area contributed by atoms with Crippen LogP contribution < -0.4 is 11.1 Å². The monoisotopic (exact) mass is 196 g/mol. The lowest BCUT2D eigenvalue weighted by atomic mass is 10.1. The molecular weight excluding hydrogens is 180 g/mol. The minimum absolute atomic E-state index is 0.0844. The molecule has 1 rings (SSSR count). The number of allylic oxidation sites excluding steroid dienone is 1. The molecule has 0 aliphatic carbocycles. The van der Waals surface area contributed by atoms with E-state index in [4.69, 9.17) is 5.73 Å². The van der Waals surface area contributed by atoms with Gasteiger partial charge in [0.05, 0.1) is 5.92 Å². The number of hydrogen-bond donors (Lipinski definition) is 2. The second-order valence-corrected chi connectivity index (χ2v) is 3.35. The third kappa shape index (κ3) is 2.04. The molecule has 5 nitrogen and oxygen atoms in total. The van der Waals surface area contributed by atoms with Crippen LogP contribution in [0.1, 0.15) is 13.8 Å². The molecule has 1 aliphatic heterocycles. The van der Waals surface area contributed by atoms with Crippen LogP contribution in [0.3, 0.4) is 0 Å². The molecule has 5 heteroatoms. The maximum absolute atomic E-state index is 11.4. The number of guanidine groups is 1. The van der Waals surface area contributed by atoms with Gasteiger partial charge in [0.2, 0.25) is 5.91 Å². The molecule has 0 spiro atoms. The summed E-state index contributed by atoms with van der Waals surface area (Å²) in [6, 6.07) is 0. The molecule has 2 unspecified atom stereocenters. The van der Waals surface area contributed by atoms with E-state index < -0.39 is 0 Å². The van der Waals surface area contributed by atoms with Crippen LogP contribution in [0.5, 0.6) is 0 Å². The Hall–Kier alpha value is -1.52. The van der Waals surface area contributed by atoms with E-state index in [0.29, 0.717) is 0 Å². The third-order valence-corrected chi connectivity index (χ3v) is 2.18. The fraction of sp³-hybridized carbons (Fsp3) is 0.556. The summed E-state index contributed by atoms with van der Waals surface area (Å²) in [4.78, 5) is 17.4. The first-order valence-electron chi connectivity index (χ1n) is 4.55. The van der Waals surface area contributed by atoms with Crippen LogP contribution in [-0.2, 0) is 4.79 Å². The average molecular weight is 196 g/mol. The number of amides is 1. The van der Waals surface area contributed by atoms with Crippen LogP contribution >= 0.6 is 0 Å². The van der Waals surface area contributed by atoms with E-state index in [-0.39, 0.29) is 24.0 Å². The minimum atomic E-state index is -0.208. The summed E-state index contributed by atoms with van der Waals surface area (Å²) < 4.78 is 0. The first-order valence-corrected chi connectivity index (χ1v) is 4.55. The Morgan fingerprint density at radius 2 is 2.29 bits per heavy atom. The Labute approximate surface area is 83.7 Å². The number of rotatable bonds is 2. The molecule has 1 aliphatic rings. The summed E-state index contributed by atoms with van der Waals surface area (Å²) in [5, 5.41) is 2.49. The van der Waals surface area contributed by atoms with E-state index in [0.717, 1.165) is 0 Å². The summed E-state index contributed by atoms with van der Waals surface area (Å²) in [6.45, 7) is 3.74. The second-order valence-electron chi connectivity index (χ2n) is 3.35. The summed E-state index contributed by atoms with van der Waals surface area (Å²) in [7, 11) is 1.87. The van der Waals surface area contributed by atoms with Gasteiger partial charge in [-0.2, -0.15) is 0 Å². The van der Waals surface area contributed by atoms with Gasteiger partial charge in [0.15, 0.2) is 5.96 Å². The van der Waals surface area contributed by atoms with Crippen LogP contribution in [0.2, 0.25) is 0 Å². The highest BCUT2D eigenvalue weighted by Crippen LogP contribution is 2.14. The highest BCUT2D eigenvalue weighted by Gasteiger charge is 2.30. The topological polar surface area (TPSA) is 70.7 Å². The Kier molecular flexibility index (Phi) is 3.11. The molecule has 0 bridgehead atoms. The number of carbonyl (C=O) groups is 1. The van der Waals surface area contributed by atoms with Crippen molar-refractivity contribution in [3.05, 3.63) is 12.3 Å². The van der Waals surface area contributed by atoms with Crippen molar-refractivity contribution in [2.75, 3.05) is 7.05 Å². The van der Waals surface area contributed by atoms with Crippen LogP contribution in [0, 0.1) is 5.92 Å². The van der Waals surface area contributed by atoms with Gasteiger partial charge in [-0.25, -0.2) is 4.99 Å². The molecule has 0 saturated heterocycles. The van der Waals surface area contributed by atoms with E-state index in [2.05, 4.69) is 10.3 Å². The number of aliphatic imine (C=N–C) groups is 1. The molecule has 0 aromatic heterocycles. The molecule has 0 aromatic rings. The van der Waals surface area contributed by atoms with E-state index in [1.54, 1.807) is 0 Å². The Balaban J connectivity index is 2.85. The van der Waals surface area contributed by atoms with Gasteiger partial charge in [0, 0.05) is 7.05 Å². The van der Waals surface area contributed by atoms with E-state index in [1.165, 1.54) is 0 Å². The zero-order valence-electron chi connectivity index (χ0n) is 8.69. The summed E-state index contributed by atoms with van der Waals surface area (Å²) >= 11 is 0. The SMILES string of the molecule is C/C=C/N(C)C1N=C(N)NC(=O)C1C. The molecule has 0 radical (unpaired) electrons. The lowest BCUT2D eigenvalue weighted by molar-refractivity contribution is -0.125. The minimum Gasteiger partial charge on any atom is -0.370 e. The Morgan fingerprint density at radius 3 is 2.86 bits per heavy atom. The van der Waals surface area contributed by atoms with Gasteiger partial charge in [0.1, 0.15) is 6.17 Å². The Morgan fingerprint density at radius 1 is 1.64 bits per heavy atom. The van der Waals surface area contributed by atoms with Crippen LogP contribution in [0.25, 0.3) is 0 Å². The predicted octanol–water partition coefficient (Wildman–Crippen LogP) is -0.142. The van der Waals surface area contributed by atoms with Crippen molar-refractivity contribution >= 4 is 11.9 Å². The van der Waals surface area contributed by atoms with Crippen LogP contribution in [0.4, 0.5) is 0 Å². The maximum Gasteiger partial charge on any atom is 0.233 e. The quantitative estimate of drug-likeness (QED) is 0.645. The fourth-order valence-corrected chi connectivity index (χ4v) is 1.43. The number of nitrogens with zero attached hydrogens (tertiary/aromatic N) is 2. The second kappa shape index (κ2) is 4.13. The van der Waals surface area contributed by atoms with E-state index in [9.17, 15) is 4.79 Å². The highest BCUT2D eigenvalue weighted by molar-refractivity contribution is 5.99. The smallest absolute Gasteiger partial charge is 0.233 e. The van der Waals surface area contributed by atoms with Crippen molar-refractivity contribution in [2.24, 2.45) is 16.6 Å². The van der Waals surface area contributed by atoms with Gasteiger partial charge in [-0.3, -0.25) is 10.1 Å². The molecule has 0 saturated carbocycles. The Bertz CT molecular complexity index is 285. The molecule has 3 N–H and O–H groups in total. The molecule has 1 heterocycles. The molecule has 14 heavy (non-hydrogen) atoms. The zero-order chi connectivity index (χ0) is 10.7. The van der Waals surface area contributed by atoms with E-state index in [1.807, 2.05) is 38.1 Å². The van der Waals surface area contributed by atoms with Crippen molar-refractivity contribution in [3.63, 3.8) is 0 Å². The maximum atomic E-state index is 11.4. The molecule has 0 fully saturated rings. The molecule has 1 amide bonds. The van der Waals surface area contributed by atoms with Gasteiger partial charge in [-0.1, -0.05) is 6.08 Å². The van der Waals surface area contributed by atoms with Gasteiger partial charge in [-0.05, 0) is 20.0 Å².